The Bertz CT molecular complexity index is 583. The van der Waals surface area contributed by atoms with Crippen LogP contribution >= 0.6 is 0 Å². The van der Waals surface area contributed by atoms with Crippen molar-refractivity contribution >= 4 is 10.9 Å². The normalized spacial score (nSPS) is 22.2. The molecule has 2 N–H and O–H groups in total. The highest BCUT2D eigenvalue weighted by Crippen LogP contribution is 2.22. The van der Waals surface area contributed by atoms with Gasteiger partial charge in [-0.25, -0.2) is 0 Å². The maximum absolute atomic E-state index is 3.68. The highest BCUT2D eigenvalue weighted by Gasteiger charge is 2.29. The van der Waals surface area contributed by atoms with Gasteiger partial charge in [0, 0.05) is 48.8 Å². The second-order valence-electron chi connectivity index (χ2n) is 6.33. The molecule has 1 fully saturated rings. The molecular weight excluding hydrogens is 234 g/mol. The highest BCUT2D eigenvalue weighted by molar-refractivity contribution is 5.83. The van der Waals surface area contributed by atoms with E-state index in [4.69, 9.17) is 0 Å². The minimum Gasteiger partial charge on any atom is -0.350 e. The van der Waals surface area contributed by atoms with Crippen molar-refractivity contribution in [3.63, 3.8) is 0 Å². The van der Waals surface area contributed by atoms with Gasteiger partial charge < -0.3 is 15.2 Å². The first-order valence-electron chi connectivity index (χ1n) is 7.06. The Hall–Kier alpha value is -1.32. The zero-order chi connectivity index (χ0) is 13.5. The maximum atomic E-state index is 3.68. The van der Waals surface area contributed by atoms with E-state index < -0.39 is 0 Å². The smallest absolute Gasteiger partial charge is 0.0481 e. The summed E-state index contributed by atoms with van der Waals surface area (Å²) in [4.78, 5) is 0. The Kier molecular flexibility index (Phi) is 3.11. The van der Waals surface area contributed by atoms with E-state index in [1.54, 1.807) is 0 Å². The molecule has 0 bridgehead atoms. The number of hydrogen-bond acceptors (Lipinski definition) is 2. The van der Waals surface area contributed by atoms with Crippen LogP contribution in [-0.2, 0) is 13.6 Å². The predicted molar refractivity (Wildman–Crippen MR) is 80.2 cm³/mol. The Labute approximate surface area is 115 Å². The average Bonchev–Trinajstić information content (AvgIpc) is 2.88. The number of hydrogen-bond donors (Lipinski definition) is 2. The van der Waals surface area contributed by atoms with E-state index in [1.165, 1.54) is 22.9 Å². The van der Waals surface area contributed by atoms with Gasteiger partial charge in [0.2, 0.25) is 0 Å². The van der Waals surface area contributed by atoms with E-state index in [0.717, 1.165) is 13.1 Å². The molecule has 0 amide bonds. The molecule has 1 aliphatic heterocycles. The fourth-order valence-corrected chi connectivity index (χ4v) is 3.12. The number of aromatic nitrogens is 1. The van der Waals surface area contributed by atoms with E-state index >= 15 is 0 Å². The van der Waals surface area contributed by atoms with Gasteiger partial charge in [0.25, 0.3) is 0 Å². The molecule has 19 heavy (non-hydrogen) atoms. The molecule has 0 spiro atoms. The van der Waals surface area contributed by atoms with Gasteiger partial charge in [0.15, 0.2) is 0 Å². The van der Waals surface area contributed by atoms with E-state index in [0.29, 0.717) is 6.04 Å². The molecule has 0 saturated carbocycles. The van der Waals surface area contributed by atoms with Crippen LogP contribution in [0, 0.1) is 0 Å². The summed E-state index contributed by atoms with van der Waals surface area (Å²) in [6.45, 7) is 6.56. The minimum absolute atomic E-state index is 0.274. The third-order valence-electron chi connectivity index (χ3n) is 4.14. The molecule has 3 rings (SSSR count). The minimum atomic E-state index is 0.274. The molecule has 102 valence electrons. The van der Waals surface area contributed by atoms with E-state index in [2.05, 4.69) is 66.6 Å². The molecule has 1 unspecified atom stereocenters. The first kappa shape index (κ1) is 12.7. The zero-order valence-electron chi connectivity index (χ0n) is 12.0. The molecule has 1 atom stereocenters. The summed E-state index contributed by atoms with van der Waals surface area (Å²) in [7, 11) is 2.12. The molecule has 2 aromatic rings. The van der Waals surface area contributed by atoms with E-state index in [-0.39, 0.29) is 5.54 Å². The molecule has 3 heteroatoms. The molecular formula is C16H23N3. The van der Waals surface area contributed by atoms with Gasteiger partial charge in [-0.1, -0.05) is 18.2 Å². The van der Waals surface area contributed by atoms with Gasteiger partial charge in [-0.15, -0.1) is 0 Å². The van der Waals surface area contributed by atoms with Crippen molar-refractivity contribution in [3.8, 4) is 0 Å². The number of rotatable bonds is 3. The lowest BCUT2D eigenvalue weighted by Crippen LogP contribution is -2.31. The van der Waals surface area contributed by atoms with Crippen molar-refractivity contribution in [2.45, 2.75) is 38.4 Å². The van der Waals surface area contributed by atoms with Crippen LogP contribution in [0.2, 0.25) is 0 Å². The van der Waals surface area contributed by atoms with Gasteiger partial charge in [0.1, 0.15) is 0 Å². The predicted octanol–water partition coefficient (Wildman–Crippen LogP) is 2.41. The van der Waals surface area contributed by atoms with Gasteiger partial charge >= 0.3 is 0 Å². The van der Waals surface area contributed by atoms with Crippen LogP contribution in [0.5, 0.6) is 0 Å². The monoisotopic (exact) mass is 257 g/mol. The van der Waals surface area contributed by atoms with Crippen LogP contribution in [0.1, 0.15) is 25.8 Å². The molecule has 3 nitrogen and oxygen atoms in total. The first-order valence-corrected chi connectivity index (χ1v) is 7.06. The molecule has 1 aliphatic rings. The van der Waals surface area contributed by atoms with E-state index in [1.807, 2.05) is 0 Å². The summed E-state index contributed by atoms with van der Waals surface area (Å²) in [5, 5.41) is 8.60. The number of para-hydroxylation sites is 1. The van der Waals surface area contributed by atoms with Crippen molar-refractivity contribution in [1.82, 2.24) is 15.2 Å². The first-order chi connectivity index (χ1) is 9.05. The molecule has 2 heterocycles. The van der Waals surface area contributed by atoms with Crippen LogP contribution in [0.3, 0.4) is 0 Å². The summed E-state index contributed by atoms with van der Waals surface area (Å²) in [6.07, 6.45) is 3.43. The average molecular weight is 257 g/mol. The second-order valence-corrected chi connectivity index (χ2v) is 6.33. The van der Waals surface area contributed by atoms with Crippen molar-refractivity contribution in [2.75, 3.05) is 6.54 Å². The lowest BCUT2D eigenvalue weighted by Gasteiger charge is -2.17. The lowest BCUT2D eigenvalue weighted by atomic mass is 10.0. The quantitative estimate of drug-likeness (QED) is 0.884. The summed E-state index contributed by atoms with van der Waals surface area (Å²) < 4.78 is 2.21. The third kappa shape index (κ3) is 2.53. The number of nitrogens with zero attached hydrogens (tertiary/aromatic N) is 1. The molecule has 0 radical (unpaired) electrons. The highest BCUT2D eigenvalue weighted by atomic mass is 15.1. The SMILES string of the molecule is Cn1cc(CNC2CNC(C)(C)C2)c2ccccc21. The number of fused-ring (bicyclic) bond motifs is 1. The number of nitrogens with one attached hydrogen (secondary N) is 2. The van der Waals surface area contributed by atoms with E-state index in [9.17, 15) is 0 Å². The summed E-state index contributed by atoms with van der Waals surface area (Å²) in [5.41, 5.74) is 2.98. The Balaban J connectivity index is 1.73. The topological polar surface area (TPSA) is 29.0 Å². The van der Waals surface area contributed by atoms with Crippen LogP contribution in [0.4, 0.5) is 0 Å². The van der Waals surface area contributed by atoms with Crippen molar-refractivity contribution in [2.24, 2.45) is 7.05 Å². The van der Waals surface area contributed by atoms with Gasteiger partial charge in [0.05, 0.1) is 0 Å². The van der Waals surface area contributed by atoms with Crippen LogP contribution < -0.4 is 10.6 Å². The fourth-order valence-electron chi connectivity index (χ4n) is 3.12. The summed E-state index contributed by atoms with van der Waals surface area (Å²) in [5.74, 6) is 0. The number of benzene rings is 1. The van der Waals surface area contributed by atoms with Crippen LogP contribution in [-0.4, -0.2) is 22.7 Å². The fraction of sp³-hybridized carbons (Fsp3) is 0.500. The van der Waals surface area contributed by atoms with Crippen molar-refractivity contribution < 1.29 is 0 Å². The van der Waals surface area contributed by atoms with Crippen LogP contribution in [0.25, 0.3) is 10.9 Å². The number of aryl methyl sites for hydroxylation is 1. The van der Waals surface area contributed by atoms with Crippen LogP contribution in [0.15, 0.2) is 30.5 Å². The van der Waals surface area contributed by atoms with Gasteiger partial charge in [-0.05, 0) is 31.9 Å². The molecule has 1 aromatic carbocycles. The zero-order valence-corrected chi connectivity index (χ0v) is 12.0. The van der Waals surface area contributed by atoms with Crippen molar-refractivity contribution in [1.29, 1.82) is 0 Å². The van der Waals surface area contributed by atoms with Crippen molar-refractivity contribution in [3.05, 3.63) is 36.0 Å². The van der Waals surface area contributed by atoms with Gasteiger partial charge in [-0.2, -0.15) is 0 Å². The third-order valence-corrected chi connectivity index (χ3v) is 4.14. The molecule has 0 aliphatic carbocycles. The standard InChI is InChI=1S/C16H23N3/c1-16(2)8-13(10-18-16)17-9-12-11-19(3)15-7-5-4-6-14(12)15/h4-7,11,13,17-18H,8-10H2,1-3H3. The van der Waals surface area contributed by atoms with Gasteiger partial charge in [-0.3, -0.25) is 0 Å². The molecule has 1 saturated heterocycles. The Morgan fingerprint density at radius 1 is 1.37 bits per heavy atom. The Morgan fingerprint density at radius 3 is 2.89 bits per heavy atom. The summed E-state index contributed by atoms with van der Waals surface area (Å²) in [6, 6.07) is 9.19. The molecule has 1 aromatic heterocycles. The second kappa shape index (κ2) is 4.66. The Morgan fingerprint density at radius 2 is 2.16 bits per heavy atom. The maximum Gasteiger partial charge on any atom is 0.0481 e. The lowest BCUT2D eigenvalue weighted by molar-refractivity contribution is 0.442. The largest absolute Gasteiger partial charge is 0.350 e. The summed E-state index contributed by atoms with van der Waals surface area (Å²) >= 11 is 0.